The van der Waals surface area contributed by atoms with Crippen molar-refractivity contribution < 1.29 is 14.3 Å². The van der Waals surface area contributed by atoms with Crippen molar-refractivity contribution in [1.29, 1.82) is 0 Å². The van der Waals surface area contributed by atoms with Crippen LogP contribution in [0.1, 0.15) is 50.8 Å². The Morgan fingerprint density at radius 2 is 1.57 bits per heavy atom. The summed E-state index contributed by atoms with van der Waals surface area (Å²) >= 11 is 3.47. The van der Waals surface area contributed by atoms with Crippen LogP contribution in [-0.2, 0) is 28.0 Å². The van der Waals surface area contributed by atoms with E-state index in [2.05, 4.69) is 42.0 Å². The molecule has 0 aliphatic heterocycles. The lowest BCUT2D eigenvalue weighted by Gasteiger charge is -2.32. The third kappa shape index (κ3) is 8.46. The summed E-state index contributed by atoms with van der Waals surface area (Å²) in [6.45, 7) is 9.06. The van der Waals surface area contributed by atoms with Gasteiger partial charge >= 0.3 is 0 Å². The lowest BCUT2D eigenvalue weighted by Crippen LogP contribution is -2.51. The highest BCUT2D eigenvalue weighted by molar-refractivity contribution is 9.10. The molecule has 5 nitrogen and oxygen atoms in total. The van der Waals surface area contributed by atoms with Gasteiger partial charge in [0.25, 0.3) is 5.91 Å². The fourth-order valence-corrected chi connectivity index (χ4v) is 4.41. The zero-order valence-electron chi connectivity index (χ0n) is 22.2. The second-order valence-electron chi connectivity index (χ2n) is 10.2. The van der Waals surface area contributed by atoms with E-state index in [1.807, 2.05) is 85.8 Å². The van der Waals surface area contributed by atoms with Gasteiger partial charge in [-0.1, -0.05) is 104 Å². The molecular weight excluding hydrogens is 528 g/mol. The maximum atomic E-state index is 13.8. The van der Waals surface area contributed by atoms with E-state index in [0.29, 0.717) is 25.3 Å². The third-order valence-corrected chi connectivity index (χ3v) is 6.66. The SMILES string of the molecule is CCCNC(=O)[C@H](Cc1ccccc1)N(Cc1ccc(Br)cc1)C(=O)COc1ccccc1C(C)(C)C. The molecule has 0 aliphatic rings. The molecule has 1 atom stereocenters. The standard InChI is InChI=1S/C31H37BrN2O3/c1-5-19-33-30(36)27(20-23-11-7-6-8-12-23)34(21-24-15-17-25(32)18-16-24)29(35)22-37-28-14-10-9-13-26(28)31(2,3)4/h6-18,27H,5,19-22H2,1-4H3,(H,33,36)/t27-/m0/s1. The Hall–Kier alpha value is -3.12. The average molecular weight is 566 g/mol. The summed E-state index contributed by atoms with van der Waals surface area (Å²) in [5, 5.41) is 3.00. The first-order valence-electron chi connectivity index (χ1n) is 12.8. The Morgan fingerprint density at radius 3 is 2.22 bits per heavy atom. The molecular formula is C31H37BrN2O3. The normalized spacial score (nSPS) is 12.0. The van der Waals surface area contributed by atoms with Gasteiger partial charge in [0.05, 0.1) is 0 Å². The lowest BCUT2D eigenvalue weighted by molar-refractivity contribution is -0.142. The number of rotatable bonds is 11. The smallest absolute Gasteiger partial charge is 0.261 e. The van der Waals surface area contributed by atoms with Crippen LogP contribution in [0, 0.1) is 0 Å². The Bertz CT molecular complexity index is 1160. The van der Waals surface area contributed by atoms with Crippen molar-refractivity contribution in [2.45, 2.75) is 58.5 Å². The number of benzene rings is 3. The fourth-order valence-electron chi connectivity index (χ4n) is 4.14. The molecule has 0 aromatic heterocycles. The van der Waals surface area contributed by atoms with Gasteiger partial charge in [-0.05, 0) is 46.7 Å². The molecule has 3 aromatic carbocycles. The van der Waals surface area contributed by atoms with Crippen molar-refractivity contribution in [2.24, 2.45) is 0 Å². The van der Waals surface area contributed by atoms with Gasteiger partial charge in [-0.25, -0.2) is 0 Å². The number of hydrogen-bond donors (Lipinski definition) is 1. The van der Waals surface area contributed by atoms with Gasteiger partial charge in [-0.2, -0.15) is 0 Å². The minimum Gasteiger partial charge on any atom is -0.483 e. The molecule has 0 heterocycles. The fraction of sp³-hybridized carbons (Fsp3) is 0.355. The first-order chi connectivity index (χ1) is 17.7. The lowest BCUT2D eigenvalue weighted by atomic mass is 9.86. The van der Waals surface area contributed by atoms with Crippen molar-refractivity contribution in [1.82, 2.24) is 10.2 Å². The van der Waals surface area contributed by atoms with Crippen LogP contribution in [0.3, 0.4) is 0 Å². The summed E-state index contributed by atoms with van der Waals surface area (Å²) in [5.74, 6) is 0.285. The first-order valence-corrected chi connectivity index (χ1v) is 13.6. The van der Waals surface area contributed by atoms with Crippen LogP contribution in [0.2, 0.25) is 0 Å². The van der Waals surface area contributed by atoms with Crippen LogP contribution < -0.4 is 10.1 Å². The molecule has 0 unspecified atom stereocenters. The molecule has 0 spiro atoms. The van der Waals surface area contributed by atoms with Crippen LogP contribution in [0.25, 0.3) is 0 Å². The molecule has 196 valence electrons. The van der Waals surface area contributed by atoms with Crippen molar-refractivity contribution in [3.05, 3.63) is 100 Å². The Kier molecular flexibility index (Phi) is 10.3. The predicted octanol–water partition coefficient (Wildman–Crippen LogP) is 6.29. The van der Waals surface area contributed by atoms with E-state index in [4.69, 9.17) is 4.74 Å². The van der Waals surface area contributed by atoms with Crippen LogP contribution in [0.15, 0.2) is 83.3 Å². The van der Waals surface area contributed by atoms with Crippen molar-refractivity contribution in [3.63, 3.8) is 0 Å². The number of carbonyl (C=O) groups is 2. The second-order valence-corrected chi connectivity index (χ2v) is 11.1. The number of nitrogens with zero attached hydrogens (tertiary/aromatic N) is 1. The molecule has 1 N–H and O–H groups in total. The van der Waals surface area contributed by atoms with Gasteiger partial charge in [-0.15, -0.1) is 0 Å². The minimum absolute atomic E-state index is 0.132. The van der Waals surface area contributed by atoms with E-state index in [0.717, 1.165) is 27.6 Å². The molecule has 0 saturated heterocycles. The minimum atomic E-state index is -0.674. The van der Waals surface area contributed by atoms with Crippen LogP contribution in [0.4, 0.5) is 0 Å². The van der Waals surface area contributed by atoms with Crippen molar-refractivity contribution >= 4 is 27.7 Å². The van der Waals surface area contributed by atoms with Gasteiger partial charge in [0.15, 0.2) is 6.61 Å². The number of para-hydroxylation sites is 1. The Morgan fingerprint density at radius 1 is 0.919 bits per heavy atom. The molecule has 2 amide bonds. The largest absolute Gasteiger partial charge is 0.483 e. The van der Waals surface area contributed by atoms with Gasteiger partial charge in [0, 0.05) is 24.0 Å². The summed E-state index contributed by atoms with van der Waals surface area (Å²) in [7, 11) is 0. The Labute approximate surface area is 229 Å². The zero-order valence-corrected chi connectivity index (χ0v) is 23.8. The first kappa shape index (κ1) is 28.5. The Balaban J connectivity index is 1.92. The monoisotopic (exact) mass is 564 g/mol. The number of hydrogen-bond acceptors (Lipinski definition) is 3. The van der Waals surface area contributed by atoms with Crippen molar-refractivity contribution in [2.75, 3.05) is 13.2 Å². The predicted molar refractivity (Wildman–Crippen MR) is 153 cm³/mol. The number of carbonyl (C=O) groups excluding carboxylic acids is 2. The van der Waals surface area contributed by atoms with E-state index >= 15 is 0 Å². The van der Waals surface area contributed by atoms with Crippen LogP contribution >= 0.6 is 15.9 Å². The molecule has 0 fully saturated rings. The summed E-state index contributed by atoms with van der Waals surface area (Å²) in [6.07, 6.45) is 1.23. The summed E-state index contributed by atoms with van der Waals surface area (Å²) in [4.78, 5) is 28.8. The molecule has 6 heteroatoms. The number of amides is 2. The third-order valence-electron chi connectivity index (χ3n) is 6.13. The quantitative estimate of drug-likeness (QED) is 0.297. The van der Waals surface area contributed by atoms with E-state index in [1.54, 1.807) is 4.90 Å². The van der Waals surface area contributed by atoms with Gasteiger partial charge in [0.1, 0.15) is 11.8 Å². The van der Waals surface area contributed by atoms with Gasteiger partial charge in [-0.3, -0.25) is 9.59 Å². The molecule has 0 saturated carbocycles. The second kappa shape index (κ2) is 13.4. The number of halogens is 1. The topological polar surface area (TPSA) is 58.6 Å². The molecule has 37 heavy (non-hydrogen) atoms. The van der Waals surface area contributed by atoms with E-state index < -0.39 is 6.04 Å². The molecule has 3 aromatic rings. The summed E-state index contributed by atoms with van der Waals surface area (Å²) < 4.78 is 7.05. The highest BCUT2D eigenvalue weighted by Gasteiger charge is 2.31. The maximum absolute atomic E-state index is 13.8. The van der Waals surface area contributed by atoms with Crippen LogP contribution in [-0.4, -0.2) is 35.9 Å². The van der Waals surface area contributed by atoms with Gasteiger partial charge in [0.2, 0.25) is 5.91 Å². The molecule has 0 bridgehead atoms. The number of nitrogens with one attached hydrogen (secondary N) is 1. The maximum Gasteiger partial charge on any atom is 0.261 e. The van der Waals surface area contributed by atoms with Crippen LogP contribution in [0.5, 0.6) is 5.75 Å². The number of ether oxygens (including phenoxy) is 1. The molecule has 3 rings (SSSR count). The summed E-state index contributed by atoms with van der Waals surface area (Å²) in [5.41, 5.74) is 2.83. The molecule has 0 radical (unpaired) electrons. The van der Waals surface area contributed by atoms with E-state index in [9.17, 15) is 9.59 Å². The molecule has 0 aliphatic carbocycles. The summed E-state index contributed by atoms with van der Waals surface area (Å²) in [6, 6.07) is 24.7. The highest BCUT2D eigenvalue weighted by atomic mass is 79.9. The zero-order chi connectivity index (χ0) is 26.8. The average Bonchev–Trinajstić information content (AvgIpc) is 2.89. The van der Waals surface area contributed by atoms with E-state index in [1.165, 1.54) is 0 Å². The van der Waals surface area contributed by atoms with Gasteiger partial charge < -0.3 is 15.0 Å². The highest BCUT2D eigenvalue weighted by Crippen LogP contribution is 2.31. The van der Waals surface area contributed by atoms with E-state index in [-0.39, 0.29) is 23.8 Å². The van der Waals surface area contributed by atoms with Crippen molar-refractivity contribution in [3.8, 4) is 5.75 Å².